The number of fused-ring (bicyclic) bond motifs is 3. The lowest BCUT2D eigenvalue weighted by Crippen LogP contribution is -2.65. The van der Waals surface area contributed by atoms with Crippen LogP contribution in [0.5, 0.6) is 5.75 Å². The van der Waals surface area contributed by atoms with E-state index >= 15 is 0 Å². The van der Waals surface area contributed by atoms with Crippen molar-refractivity contribution < 1.29 is 13.4 Å². The Balaban J connectivity index is 1.50. The van der Waals surface area contributed by atoms with E-state index < -0.39 is 16.4 Å². The Morgan fingerprint density at radius 1 is 1.19 bits per heavy atom. The van der Waals surface area contributed by atoms with Crippen LogP contribution < -0.4 is 31.9 Å². The molecule has 2 fully saturated rings. The molecule has 2 aliphatic heterocycles. The van der Waals surface area contributed by atoms with Crippen LogP contribution in [0.3, 0.4) is 0 Å². The molecule has 0 spiro atoms. The molecule has 4 heterocycles. The molecular weight excluding hydrogens is 574 g/mol. The highest BCUT2D eigenvalue weighted by atomic mass is 35.5. The number of aromatic nitrogens is 3. The lowest BCUT2D eigenvalue weighted by Gasteiger charge is -2.52. The van der Waals surface area contributed by atoms with Crippen LogP contribution in [-0.2, 0) is 24.4 Å². The summed E-state index contributed by atoms with van der Waals surface area (Å²) in [5.41, 5.74) is 0.971. The number of hydrogen-bond donors (Lipinski definition) is 2. The number of quaternary nitrogens is 1. The number of pyridine rings is 1. The molecule has 0 radical (unpaired) electrons. The topological polar surface area (TPSA) is 114 Å². The monoisotopic (exact) mass is 610 g/mol. The summed E-state index contributed by atoms with van der Waals surface area (Å²) in [6, 6.07) is 10.9. The van der Waals surface area contributed by atoms with Crippen molar-refractivity contribution in [2.24, 2.45) is 18.0 Å². The Labute approximate surface area is 251 Å². The predicted octanol–water partition coefficient (Wildman–Crippen LogP) is 1.58. The normalized spacial score (nSPS) is 25.4. The number of rotatable bonds is 7. The van der Waals surface area contributed by atoms with E-state index in [0.29, 0.717) is 33.4 Å². The third-order valence-electron chi connectivity index (χ3n) is 9.30. The van der Waals surface area contributed by atoms with E-state index in [0.717, 1.165) is 35.9 Å². The van der Waals surface area contributed by atoms with Gasteiger partial charge in [-0.3, -0.25) is 19.3 Å². The van der Waals surface area contributed by atoms with Crippen LogP contribution in [0.1, 0.15) is 37.3 Å². The quantitative estimate of drug-likeness (QED) is 0.311. The van der Waals surface area contributed by atoms with Crippen molar-refractivity contribution in [2.75, 3.05) is 27.7 Å². The zero-order chi connectivity index (χ0) is 29.8. The average Bonchev–Trinajstić information content (AvgIpc) is 3.39. The largest absolute Gasteiger partial charge is 0.497 e. The highest BCUT2D eigenvalue weighted by molar-refractivity contribution is 7.94. The number of likely N-dealkylation sites (tertiary alicyclic amines) is 1. The second kappa shape index (κ2) is 11.1. The van der Waals surface area contributed by atoms with Crippen molar-refractivity contribution >= 4 is 27.4 Å². The van der Waals surface area contributed by atoms with Gasteiger partial charge < -0.3 is 14.5 Å². The van der Waals surface area contributed by atoms with Crippen LogP contribution in [0.2, 0.25) is 5.15 Å². The summed E-state index contributed by atoms with van der Waals surface area (Å²) in [5.74, 6) is 1.04. The number of hydrogen-bond acceptors (Lipinski definition) is 7. The van der Waals surface area contributed by atoms with E-state index in [1.165, 1.54) is 11.0 Å². The maximum absolute atomic E-state index is 14.1. The van der Waals surface area contributed by atoms with E-state index in [1.807, 2.05) is 10.6 Å². The molecule has 222 valence electrons. The molecule has 5 atom stereocenters. The molecule has 1 saturated carbocycles. The van der Waals surface area contributed by atoms with Gasteiger partial charge in [0.25, 0.3) is 5.56 Å². The molecule has 1 saturated heterocycles. The number of halogens is 1. The molecule has 1 aliphatic carbocycles. The second-order valence-corrected chi connectivity index (χ2v) is 13.8. The van der Waals surface area contributed by atoms with Gasteiger partial charge in [-0.2, -0.15) is 0 Å². The average molecular weight is 611 g/mol. The van der Waals surface area contributed by atoms with E-state index in [-0.39, 0.29) is 34.4 Å². The van der Waals surface area contributed by atoms with Crippen molar-refractivity contribution in [1.82, 2.24) is 19.4 Å². The zero-order valence-corrected chi connectivity index (χ0v) is 25.9. The maximum Gasteiger partial charge on any atom is 0.266 e. The molecule has 12 heteroatoms. The number of nitrogens with one attached hydrogen (secondary N) is 2. The number of methoxy groups -OCH3 is 1. The molecule has 1 aromatic carbocycles. The fourth-order valence-corrected chi connectivity index (χ4v) is 8.20. The van der Waals surface area contributed by atoms with Crippen LogP contribution in [0, 0.1) is 11.3 Å². The lowest BCUT2D eigenvalue weighted by molar-refractivity contribution is -0.959. The van der Waals surface area contributed by atoms with Gasteiger partial charge in [0.15, 0.2) is 0 Å². The first-order valence-corrected chi connectivity index (χ1v) is 15.8. The van der Waals surface area contributed by atoms with E-state index in [1.54, 1.807) is 50.7 Å². The predicted molar refractivity (Wildman–Crippen MR) is 161 cm³/mol. The van der Waals surface area contributed by atoms with E-state index in [9.17, 15) is 14.4 Å². The van der Waals surface area contributed by atoms with Crippen LogP contribution in [0.25, 0.3) is 5.03 Å². The minimum absolute atomic E-state index is 0.00598. The Bertz CT molecular complexity index is 1780. The van der Waals surface area contributed by atoms with Gasteiger partial charge in [0, 0.05) is 37.0 Å². The van der Waals surface area contributed by atoms with Crippen LogP contribution >= 0.6 is 11.6 Å². The Morgan fingerprint density at radius 2 is 1.95 bits per heavy atom. The molecule has 0 amide bonds. The summed E-state index contributed by atoms with van der Waals surface area (Å²) in [4.78, 5) is 23.8. The number of benzene rings is 1. The standard InChI is InChI=1S/C30H36ClN7O3S/c1-36-29(39)25(27(32)37-22-7-5-6-21(26(22)35-30(36)37)23-14-15-38(23,2)3)28(34-17-18-8-13-24(31)33-16-18)42(40)20-11-9-19(41-4)10-12-20/h8-13,16,21-23,26H,5-7,14-15,17H2,1-4H3,(H-,32,34,39)/p+1. The maximum atomic E-state index is 14.1. The van der Waals surface area contributed by atoms with Crippen LogP contribution in [-0.4, -0.2) is 62.6 Å². The van der Waals surface area contributed by atoms with E-state index in [4.69, 9.17) is 21.3 Å². The van der Waals surface area contributed by atoms with Gasteiger partial charge in [-0.15, -0.1) is 0 Å². The molecule has 6 rings (SSSR count). The second-order valence-electron chi connectivity index (χ2n) is 12.0. The minimum atomic E-state index is -1.79. The van der Waals surface area contributed by atoms with Crippen LogP contribution in [0.4, 0.5) is 0 Å². The highest BCUT2D eigenvalue weighted by Crippen LogP contribution is 2.43. The summed E-state index contributed by atoms with van der Waals surface area (Å²) in [6.07, 6.45) is 5.87. The highest BCUT2D eigenvalue weighted by Gasteiger charge is 2.51. The summed E-state index contributed by atoms with van der Waals surface area (Å²) in [6.45, 7) is 1.41. The van der Waals surface area contributed by atoms with Gasteiger partial charge in [-0.25, -0.2) is 14.2 Å². The van der Waals surface area contributed by atoms with Crippen molar-refractivity contribution in [2.45, 2.75) is 55.2 Å². The van der Waals surface area contributed by atoms with Crippen molar-refractivity contribution in [1.29, 1.82) is 5.41 Å². The smallest absolute Gasteiger partial charge is 0.266 e. The third kappa shape index (κ3) is 4.91. The Kier molecular flexibility index (Phi) is 7.61. The molecule has 5 unspecified atom stereocenters. The van der Waals surface area contributed by atoms with Crippen molar-refractivity contribution in [3.8, 4) is 5.75 Å². The summed E-state index contributed by atoms with van der Waals surface area (Å²) in [5, 5.41) is 13.3. The first kappa shape index (κ1) is 28.8. The van der Waals surface area contributed by atoms with Crippen molar-refractivity contribution in [3.63, 3.8) is 0 Å². The zero-order valence-electron chi connectivity index (χ0n) is 24.3. The van der Waals surface area contributed by atoms with Gasteiger partial charge in [-0.1, -0.05) is 24.1 Å². The first-order chi connectivity index (χ1) is 20.1. The SMILES string of the molecule is COc1ccc(S(=O)/C(NCc2ccc(Cl)nc2)=c2\c(=O)n(C)c3n(c2=N)C2CCCC(C4CC[N+]4(C)C)C2N=3)cc1. The van der Waals surface area contributed by atoms with E-state index in [2.05, 4.69) is 24.4 Å². The van der Waals surface area contributed by atoms with Crippen LogP contribution in [0.15, 0.2) is 57.3 Å². The summed E-state index contributed by atoms with van der Waals surface area (Å²) >= 11 is 5.98. The van der Waals surface area contributed by atoms with Gasteiger partial charge in [0.2, 0.25) is 5.62 Å². The number of ether oxygens (including phenoxy) is 1. The molecule has 3 aromatic rings. The molecule has 10 nitrogen and oxygen atoms in total. The Morgan fingerprint density at radius 3 is 2.57 bits per heavy atom. The molecule has 42 heavy (non-hydrogen) atoms. The van der Waals surface area contributed by atoms with Crippen molar-refractivity contribution in [3.05, 3.63) is 80.0 Å². The van der Waals surface area contributed by atoms with Gasteiger partial charge in [0.05, 0.1) is 45.9 Å². The fourth-order valence-electron chi connectivity index (χ4n) is 6.90. The molecule has 2 aromatic heterocycles. The first-order valence-electron chi connectivity index (χ1n) is 14.3. The van der Waals surface area contributed by atoms with Gasteiger partial charge >= 0.3 is 0 Å². The summed E-state index contributed by atoms with van der Waals surface area (Å²) < 4.78 is 23.9. The minimum Gasteiger partial charge on any atom is -0.497 e. The van der Waals surface area contributed by atoms with Gasteiger partial charge in [-0.05, 0) is 48.7 Å². The molecule has 2 N–H and O–H groups in total. The van der Waals surface area contributed by atoms with Gasteiger partial charge in [0.1, 0.15) is 37.4 Å². The lowest BCUT2D eigenvalue weighted by atomic mass is 9.73. The Hall–Kier alpha value is -3.28. The summed E-state index contributed by atoms with van der Waals surface area (Å²) in [7, 11) is 6.06. The molecular formula is C30H37ClN7O3S+. The molecule has 0 bridgehead atoms. The fraction of sp³-hybridized carbons (Fsp3) is 0.467. The molecule has 3 aliphatic rings. The number of nitrogens with zero attached hydrogens (tertiary/aromatic N) is 5. The third-order valence-corrected chi connectivity index (χ3v) is 10.9.